The van der Waals surface area contributed by atoms with Crippen molar-refractivity contribution in [2.75, 3.05) is 13.1 Å². The second kappa shape index (κ2) is 6.60. The third-order valence-corrected chi connectivity index (χ3v) is 5.79. The lowest BCUT2D eigenvalue weighted by Crippen LogP contribution is -2.67. The van der Waals surface area contributed by atoms with E-state index in [0.29, 0.717) is 23.8 Å². The van der Waals surface area contributed by atoms with Crippen LogP contribution in [0, 0.1) is 0 Å². The Morgan fingerprint density at radius 3 is 2.48 bits per heavy atom. The summed E-state index contributed by atoms with van der Waals surface area (Å²) in [5.41, 5.74) is -0.505. The van der Waals surface area contributed by atoms with Crippen LogP contribution in [0.25, 0.3) is 0 Å². The number of fused-ring (bicyclic) bond motifs is 2. The van der Waals surface area contributed by atoms with Crippen molar-refractivity contribution in [3.63, 3.8) is 0 Å². The molecule has 3 amide bonds. The normalized spacial score (nSPS) is 31.7. The molecule has 0 radical (unpaired) electrons. The number of β-lactam (4-membered cyclic amide) rings is 2. The van der Waals surface area contributed by atoms with Gasteiger partial charge in [0.25, 0.3) is 5.91 Å². The number of nitrogens with one attached hydrogen (secondary N) is 2. The lowest BCUT2D eigenvalue weighted by atomic mass is 10.0. The smallest absolute Gasteiger partial charge is 0.411 e. The van der Waals surface area contributed by atoms with E-state index in [1.807, 2.05) is 20.8 Å². The minimum Gasteiger partial charge on any atom is -0.444 e. The Morgan fingerprint density at radius 2 is 1.93 bits per heavy atom. The van der Waals surface area contributed by atoms with Crippen molar-refractivity contribution >= 4 is 28.2 Å². The highest BCUT2D eigenvalue weighted by Gasteiger charge is 2.55. The summed E-state index contributed by atoms with van der Waals surface area (Å²) in [6.07, 6.45) is 1.02. The molecule has 4 aliphatic rings. The lowest BCUT2D eigenvalue weighted by molar-refractivity contribution is -0.140. The summed E-state index contributed by atoms with van der Waals surface area (Å²) < 4.78 is 35.6. The molecule has 0 aromatic rings. The molecule has 4 rings (SSSR count). The van der Waals surface area contributed by atoms with E-state index in [1.165, 1.54) is 4.90 Å². The second-order valence-corrected chi connectivity index (χ2v) is 9.21. The fraction of sp³-hybridized carbons (Fsp3) is 0.800. The molecule has 27 heavy (non-hydrogen) atoms. The van der Waals surface area contributed by atoms with Crippen LogP contribution in [0.4, 0.5) is 4.79 Å². The number of likely N-dealkylation sites (tertiary alicyclic amines) is 1. The minimum atomic E-state index is -4.33. The van der Waals surface area contributed by atoms with Crippen molar-refractivity contribution in [3.05, 3.63) is 0 Å². The maximum absolute atomic E-state index is 11.7. The zero-order valence-electron chi connectivity index (χ0n) is 15.3. The standard InChI is InChI=1S/C10H16N2O3.C5H8N2O4S/c1-10(2,3)15-9(14)12-5-4-6-7(12)8(13)11-6;8-5-4-3(1-2-6-4)7(5)12(9,10)11/h6-7H,4-5H2,1-3H3,(H,11,13);3-4,6H,1-2H2,(H,9,10,11)/t6-,7+;3-,4+/m11/s1. The van der Waals surface area contributed by atoms with Gasteiger partial charge in [0.15, 0.2) is 0 Å². The number of rotatable bonds is 1. The molecular formula is C15H24N4O7S. The zero-order valence-corrected chi connectivity index (χ0v) is 16.2. The topological polar surface area (TPSA) is 145 Å². The summed E-state index contributed by atoms with van der Waals surface area (Å²) >= 11 is 0. The molecule has 152 valence electrons. The van der Waals surface area contributed by atoms with Gasteiger partial charge in [0.05, 0.1) is 12.1 Å². The molecule has 4 saturated heterocycles. The molecule has 3 N–H and O–H groups in total. The van der Waals surface area contributed by atoms with Gasteiger partial charge in [-0.05, 0) is 40.2 Å². The van der Waals surface area contributed by atoms with Crippen LogP contribution in [0.5, 0.6) is 0 Å². The highest BCUT2D eigenvalue weighted by Crippen LogP contribution is 2.29. The lowest BCUT2D eigenvalue weighted by Gasteiger charge is -2.39. The maximum atomic E-state index is 11.7. The molecule has 4 fully saturated rings. The molecule has 11 nitrogen and oxygen atoms in total. The van der Waals surface area contributed by atoms with Crippen LogP contribution in [-0.2, 0) is 24.6 Å². The van der Waals surface area contributed by atoms with E-state index in [-0.39, 0.29) is 30.1 Å². The van der Waals surface area contributed by atoms with Gasteiger partial charge in [-0.25, -0.2) is 9.10 Å². The largest absolute Gasteiger partial charge is 0.444 e. The first kappa shape index (κ1) is 19.8. The van der Waals surface area contributed by atoms with Gasteiger partial charge in [-0.2, -0.15) is 8.42 Å². The zero-order chi connectivity index (χ0) is 20.1. The summed E-state index contributed by atoms with van der Waals surface area (Å²) in [6.45, 7) is 6.67. The highest BCUT2D eigenvalue weighted by atomic mass is 32.2. The third kappa shape index (κ3) is 3.73. The van der Waals surface area contributed by atoms with Crippen LogP contribution in [0.2, 0.25) is 0 Å². The van der Waals surface area contributed by atoms with Gasteiger partial charge in [0, 0.05) is 6.54 Å². The van der Waals surface area contributed by atoms with Crippen LogP contribution in [0.15, 0.2) is 0 Å². The van der Waals surface area contributed by atoms with E-state index in [9.17, 15) is 22.8 Å². The van der Waals surface area contributed by atoms with Gasteiger partial charge >= 0.3 is 16.4 Å². The molecule has 0 unspecified atom stereocenters. The summed E-state index contributed by atoms with van der Waals surface area (Å²) in [6, 6.07) is -0.913. The van der Waals surface area contributed by atoms with E-state index in [1.54, 1.807) is 0 Å². The number of nitrogens with zero attached hydrogens (tertiary/aromatic N) is 2. The van der Waals surface area contributed by atoms with Crippen molar-refractivity contribution in [1.82, 2.24) is 19.8 Å². The maximum Gasteiger partial charge on any atom is 0.411 e. The molecule has 0 aromatic carbocycles. The van der Waals surface area contributed by atoms with Gasteiger partial charge in [-0.15, -0.1) is 0 Å². The molecule has 0 aromatic heterocycles. The van der Waals surface area contributed by atoms with Crippen molar-refractivity contribution in [1.29, 1.82) is 0 Å². The number of ether oxygens (including phenoxy) is 1. The van der Waals surface area contributed by atoms with Crippen molar-refractivity contribution in [2.24, 2.45) is 0 Å². The molecule has 4 aliphatic heterocycles. The summed E-state index contributed by atoms with van der Waals surface area (Å²) in [5.74, 6) is -0.622. The number of hydrogen-bond donors (Lipinski definition) is 3. The average molecular weight is 404 g/mol. The van der Waals surface area contributed by atoms with Crippen LogP contribution >= 0.6 is 0 Å². The Balaban J connectivity index is 0.000000159. The van der Waals surface area contributed by atoms with E-state index in [4.69, 9.17) is 9.29 Å². The Kier molecular flexibility index (Phi) is 4.85. The predicted molar refractivity (Wildman–Crippen MR) is 91.9 cm³/mol. The Morgan fingerprint density at radius 1 is 1.26 bits per heavy atom. The molecule has 4 heterocycles. The quantitative estimate of drug-likeness (QED) is 0.367. The summed E-state index contributed by atoms with van der Waals surface area (Å²) in [5, 5.41) is 5.61. The van der Waals surface area contributed by atoms with Gasteiger partial charge in [-0.3, -0.25) is 19.0 Å². The van der Waals surface area contributed by atoms with Crippen molar-refractivity contribution in [2.45, 2.75) is 63.4 Å². The molecule has 4 atom stereocenters. The summed E-state index contributed by atoms with van der Waals surface area (Å²) in [4.78, 5) is 35.5. The number of hydrogen-bond acceptors (Lipinski definition) is 7. The van der Waals surface area contributed by atoms with E-state index in [2.05, 4.69) is 10.6 Å². The van der Waals surface area contributed by atoms with Crippen molar-refractivity contribution in [3.8, 4) is 0 Å². The minimum absolute atomic E-state index is 0.0663. The molecule has 0 bridgehead atoms. The fourth-order valence-electron chi connectivity index (χ4n) is 3.66. The SMILES string of the molecule is CC(C)(C)OC(=O)N1CC[C@H]2NC(=O)[C@H]21.O=C1[C@H]2NCC[C@H]2N1S(=O)(=O)O. The monoisotopic (exact) mass is 404 g/mol. The van der Waals surface area contributed by atoms with Gasteiger partial charge in [-0.1, -0.05) is 0 Å². The Hall–Kier alpha value is -1.92. The van der Waals surface area contributed by atoms with Gasteiger partial charge in [0.1, 0.15) is 17.7 Å². The van der Waals surface area contributed by atoms with Gasteiger partial charge in [0.2, 0.25) is 5.91 Å². The molecule has 0 aliphatic carbocycles. The molecular weight excluding hydrogens is 380 g/mol. The third-order valence-electron chi connectivity index (χ3n) is 4.84. The summed E-state index contributed by atoms with van der Waals surface area (Å²) in [7, 11) is -4.33. The van der Waals surface area contributed by atoms with Crippen LogP contribution in [-0.4, -0.2) is 82.9 Å². The fourth-order valence-corrected chi connectivity index (χ4v) is 4.57. The first-order valence-corrected chi connectivity index (χ1v) is 10.1. The van der Waals surface area contributed by atoms with Crippen LogP contribution < -0.4 is 10.6 Å². The van der Waals surface area contributed by atoms with Crippen LogP contribution in [0.1, 0.15) is 33.6 Å². The number of carbonyl (C=O) groups is 3. The highest BCUT2D eigenvalue weighted by molar-refractivity contribution is 7.84. The average Bonchev–Trinajstić information content (AvgIpc) is 3.05. The Labute approximate surface area is 157 Å². The van der Waals surface area contributed by atoms with E-state index in [0.717, 1.165) is 6.42 Å². The van der Waals surface area contributed by atoms with Crippen molar-refractivity contribution < 1.29 is 32.1 Å². The molecule has 12 heteroatoms. The predicted octanol–water partition coefficient (Wildman–Crippen LogP) is -1.14. The number of amides is 3. The molecule has 0 saturated carbocycles. The first-order valence-electron chi connectivity index (χ1n) is 8.74. The number of carbonyl (C=O) groups excluding carboxylic acids is 3. The Bertz CT molecular complexity index is 763. The van der Waals surface area contributed by atoms with Crippen LogP contribution in [0.3, 0.4) is 0 Å². The molecule has 0 spiro atoms. The van der Waals surface area contributed by atoms with E-state index >= 15 is 0 Å². The first-order chi connectivity index (χ1) is 12.4. The van der Waals surface area contributed by atoms with Gasteiger partial charge < -0.3 is 15.4 Å². The van der Waals surface area contributed by atoms with E-state index < -0.39 is 27.9 Å². The second-order valence-electron chi connectivity index (χ2n) is 7.92.